The lowest BCUT2D eigenvalue weighted by Gasteiger charge is -2.28. The van der Waals surface area contributed by atoms with Crippen LogP contribution in [0.4, 0.5) is 4.79 Å². The van der Waals surface area contributed by atoms with Crippen LogP contribution in [0.2, 0.25) is 0 Å². The number of rotatable bonds is 3. The average molecular weight is 313 g/mol. The average Bonchev–Trinajstić information content (AvgIpc) is 3.14. The number of amides is 1. The molecule has 1 atom stereocenters. The monoisotopic (exact) mass is 313 g/mol. The third-order valence-corrected chi connectivity index (χ3v) is 5.16. The highest BCUT2D eigenvalue weighted by atomic mass is 16.6. The van der Waals surface area contributed by atoms with Crippen LogP contribution in [0.3, 0.4) is 0 Å². The fourth-order valence-corrected chi connectivity index (χ4v) is 3.79. The van der Waals surface area contributed by atoms with Gasteiger partial charge in [0.1, 0.15) is 6.61 Å². The number of cyclic esters (lactones) is 1. The molecule has 0 spiro atoms. The van der Waals surface area contributed by atoms with Gasteiger partial charge < -0.3 is 19.9 Å². The van der Waals surface area contributed by atoms with Crippen molar-refractivity contribution in [3.8, 4) is 0 Å². The zero-order valence-electron chi connectivity index (χ0n) is 13.5. The number of likely N-dealkylation sites (tertiary alicyclic amines) is 1. The molecule has 1 aromatic heterocycles. The molecule has 1 amide bonds. The van der Waals surface area contributed by atoms with Crippen LogP contribution in [-0.4, -0.2) is 48.8 Å². The Kier molecular flexibility index (Phi) is 3.73. The van der Waals surface area contributed by atoms with Crippen molar-refractivity contribution < 1.29 is 9.53 Å². The first-order chi connectivity index (χ1) is 11.2. The van der Waals surface area contributed by atoms with Gasteiger partial charge in [-0.3, -0.25) is 0 Å². The van der Waals surface area contributed by atoms with Gasteiger partial charge in [-0.15, -0.1) is 0 Å². The van der Waals surface area contributed by atoms with E-state index in [2.05, 4.69) is 46.6 Å². The van der Waals surface area contributed by atoms with Gasteiger partial charge in [-0.25, -0.2) is 4.79 Å². The standard InChI is InChI=1S/C18H23N3O2/c1-21-6-4-13(5-7-21)16-10-19-17-3-2-12(9-15(16)17)8-14-11-23-18(22)20-14/h2-3,9-10,13-14,19H,4-8,11H2,1H3,(H,20,22). The SMILES string of the molecule is CN1CCC(c2c[nH]c3ccc(CC4COC(=O)N4)cc23)CC1. The number of nitrogens with zero attached hydrogens (tertiary/aromatic N) is 1. The highest BCUT2D eigenvalue weighted by molar-refractivity contribution is 5.84. The molecule has 23 heavy (non-hydrogen) atoms. The first-order valence-corrected chi connectivity index (χ1v) is 8.41. The molecule has 0 bridgehead atoms. The van der Waals surface area contributed by atoms with Gasteiger partial charge in [0.25, 0.3) is 0 Å². The van der Waals surface area contributed by atoms with Gasteiger partial charge in [0, 0.05) is 17.1 Å². The highest BCUT2D eigenvalue weighted by Gasteiger charge is 2.24. The molecule has 4 rings (SSSR count). The maximum atomic E-state index is 11.2. The summed E-state index contributed by atoms with van der Waals surface area (Å²) >= 11 is 0. The number of carbonyl (C=O) groups excluding carboxylic acids is 1. The number of aromatic amines is 1. The number of H-pyrrole nitrogens is 1. The first kappa shape index (κ1) is 14.6. The van der Waals surface area contributed by atoms with Crippen LogP contribution in [-0.2, 0) is 11.2 Å². The van der Waals surface area contributed by atoms with Crippen LogP contribution in [0.5, 0.6) is 0 Å². The predicted octanol–water partition coefficient (Wildman–Crippen LogP) is 2.63. The first-order valence-electron chi connectivity index (χ1n) is 8.41. The maximum Gasteiger partial charge on any atom is 0.407 e. The summed E-state index contributed by atoms with van der Waals surface area (Å²) in [6, 6.07) is 6.66. The molecule has 1 aromatic carbocycles. The molecule has 0 saturated carbocycles. The highest BCUT2D eigenvalue weighted by Crippen LogP contribution is 2.33. The van der Waals surface area contributed by atoms with E-state index in [0.29, 0.717) is 12.5 Å². The normalized spacial score (nSPS) is 23.2. The number of hydrogen-bond donors (Lipinski definition) is 2. The summed E-state index contributed by atoms with van der Waals surface area (Å²) in [7, 11) is 2.20. The second-order valence-corrected chi connectivity index (χ2v) is 6.85. The van der Waals surface area contributed by atoms with Gasteiger partial charge in [0.15, 0.2) is 0 Å². The van der Waals surface area contributed by atoms with E-state index in [4.69, 9.17) is 4.74 Å². The number of ether oxygens (including phenoxy) is 1. The van der Waals surface area contributed by atoms with Crippen LogP contribution in [0.15, 0.2) is 24.4 Å². The Morgan fingerprint density at radius 3 is 2.87 bits per heavy atom. The van der Waals surface area contributed by atoms with Crippen molar-refractivity contribution in [3.05, 3.63) is 35.5 Å². The number of benzene rings is 1. The lowest BCUT2D eigenvalue weighted by atomic mass is 9.89. The number of carbonyl (C=O) groups is 1. The van der Waals surface area contributed by atoms with Crippen LogP contribution >= 0.6 is 0 Å². The minimum absolute atomic E-state index is 0.0886. The summed E-state index contributed by atoms with van der Waals surface area (Å²) in [6.45, 7) is 2.80. The van der Waals surface area contributed by atoms with Crippen LogP contribution in [0.25, 0.3) is 10.9 Å². The van der Waals surface area contributed by atoms with Crippen molar-refractivity contribution in [2.45, 2.75) is 31.2 Å². The van der Waals surface area contributed by atoms with Crippen molar-refractivity contribution in [3.63, 3.8) is 0 Å². The van der Waals surface area contributed by atoms with Crippen molar-refractivity contribution in [1.29, 1.82) is 0 Å². The second-order valence-electron chi connectivity index (χ2n) is 6.85. The zero-order chi connectivity index (χ0) is 15.8. The van der Waals surface area contributed by atoms with E-state index in [1.54, 1.807) is 0 Å². The van der Waals surface area contributed by atoms with E-state index in [1.165, 1.54) is 48.0 Å². The molecule has 0 aliphatic carbocycles. The molecule has 5 heteroatoms. The molecular weight excluding hydrogens is 290 g/mol. The molecule has 122 valence electrons. The number of aromatic nitrogens is 1. The number of piperidine rings is 1. The summed E-state index contributed by atoms with van der Waals surface area (Å²) in [5.41, 5.74) is 3.90. The number of fused-ring (bicyclic) bond motifs is 1. The van der Waals surface area contributed by atoms with Crippen LogP contribution in [0.1, 0.15) is 29.9 Å². The zero-order valence-corrected chi connectivity index (χ0v) is 13.5. The van der Waals surface area contributed by atoms with Gasteiger partial charge in [-0.2, -0.15) is 0 Å². The lowest BCUT2D eigenvalue weighted by Crippen LogP contribution is -2.29. The van der Waals surface area contributed by atoms with Gasteiger partial charge in [-0.1, -0.05) is 6.07 Å². The van der Waals surface area contributed by atoms with Crippen molar-refractivity contribution in [2.75, 3.05) is 26.7 Å². The molecular formula is C18H23N3O2. The molecule has 0 radical (unpaired) electrons. The van der Waals surface area contributed by atoms with Gasteiger partial charge in [0.2, 0.25) is 0 Å². The molecule has 2 aromatic rings. The van der Waals surface area contributed by atoms with Crippen molar-refractivity contribution >= 4 is 17.0 Å². The Bertz CT molecular complexity index is 716. The van der Waals surface area contributed by atoms with E-state index >= 15 is 0 Å². The van der Waals surface area contributed by atoms with E-state index in [0.717, 1.165) is 6.42 Å². The molecule has 1 unspecified atom stereocenters. The van der Waals surface area contributed by atoms with Gasteiger partial charge in [0.05, 0.1) is 6.04 Å². The number of hydrogen-bond acceptors (Lipinski definition) is 3. The summed E-state index contributed by atoms with van der Waals surface area (Å²) < 4.78 is 4.98. The molecule has 5 nitrogen and oxygen atoms in total. The maximum absolute atomic E-state index is 11.2. The minimum atomic E-state index is -0.301. The van der Waals surface area contributed by atoms with E-state index in [9.17, 15) is 4.79 Å². The Morgan fingerprint density at radius 1 is 1.30 bits per heavy atom. The van der Waals surface area contributed by atoms with Gasteiger partial charge >= 0.3 is 6.09 Å². The summed E-state index contributed by atoms with van der Waals surface area (Å²) in [4.78, 5) is 17.0. The summed E-state index contributed by atoms with van der Waals surface area (Å²) in [5.74, 6) is 0.643. The topological polar surface area (TPSA) is 57.4 Å². The van der Waals surface area contributed by atoms with Gasteiger partial charge in [-0.05, 0) is 68.6 Å². The minimum Gasteiger partial charge on any atom is -0.447 e. The largest absolute Gasteiger partial charge is 0.447 e. The van der Waals surface area contributed by atoms with E-state index in [1.807, 2.05) is 0 Å². The van der Waals surface area contributed by atoms with Crippen LogP contribution in [0, 0.1) is 0 Å². The van der Waals surface area contributed by atoms with Crippen molar-refractivity contribution in [2.24, 2.45) is 0 Å². The molecule has 2 fully saturated rings. The van der Waals surface area contributed by atoms with E-state index < -0.39 is 0 Å². The second kappa shape index (κ2) is 5.89. The Morgan fingerprint density at radius 2 is 2.13 bits per heavy atom. The molecule has 2 aliphatic rings. The van der Waals surface area contributed by atoms with Crippen molar-refractivity contribution in [1.82, 2.24) is 15.2 Å². The summed E-state index contributed by atoms with van der Waals surface area (Å²) in [5, 5.41) is 4.19. The van der Waals surface area contributed by atoms with E-state index in [-0.39, 0.29) is 12.1 Å². The number of nitrogens with one attached hydrogen (secondary N) is 2. The van der Waals surface area contributed by atoms with Crippen LogP contribution < -0.4 is 5.32 Å². The quantitative estimate of drug-likeness (QED) is 0.916. The predicted molar refractivity (Wildman–Crippen MR) is 89.7 cm³/mol. The Balaban J connectivity index is 1.57. The molecule has 2 aliphatic heterocycles. The number of alkyl carbamates (subject to hydrolysis) is 1. The fourth-order valence-electron chi connectivity index (χ4n) is 3.79. The summed E-state index contributed by atoms with van der Waals surface area (Å²) in [6.07, 6.45) is 5.15. The Hall–Kier alpha value is -2.01. The lowest BCUT2D eigenvalue weighted by molar-refractivity contribution is 0.177. The molecule has 3 heterocycles. The Labute approximate surface area is 136 Å². The smallest absolute Gasteiger partial charge is 0.407 e. The third kappa shape index (κ3) is 2.93. The molecule has 2 N–H and O–H groups in total. The third-order valence-electron chi connectivity index (χ3n) is 5.16. The molecule has 2 saturated heterocycles. The fraction of sp³-hybridized carbons (Fsp3) is 0.500.